The number of nitrogens with zero attached hydrogens (tertiary/aromatic N) is 5. The highest BCUT2D eigenvalue weighted by atomic mass is 16.2. The summed E-state index contributed by atoms with van der Waals surface area (Å²) in [6.45, 7) is 5.30. The van der Waals surface area contributed by atoms with Crippen molar-refractivity contribution in [3.63, 3.8) is 0 Å². The minimum Gasteiger partial charge on any atom is -0.341 e. The molecule has 21 heavy (non-hydrogen) atoms. The topological polar surface area (TPSA) is 97.4 Å². The number of rotatable bonds is 4. The van der Waals surface area contributed by atoms with Crippen molar-refractivity contribution >= 4 is 11.8 Å². The van der Waals surface area contributed by atoms with Gasteiger partial charge in [0.05, 0.1) is 12.7 Å². The third-order valence-electron chi connectivity index (χ3n) is 3.55. The molecule has 1 aliphatic rings. The lowest BCUT2D eigenvalue weighted by atomic mass is 10.3. The summed E-state index contributed by atoms with van der Waals surface area (Å²) in [4.78, 5) is 27.7. The lowest BCUT2D eigenvalue weighted by Crippen LogP contribution is -2.37. The predicted molar refractivity (Wildman–Crippen MR) is 76.5 cm³/mol. The first-order chi connectivity index (χ1) is 10.2. The Morgan fingerprint density at radius 2 is 1.95 bits per heavy atom. The Labute approximate surface area is 123 Å². The zero-order valence-electron chi connectivity index (χ0n) is 12.4. The van der Waals surface area contributed by atoms with Crippen LogP contribution in [0.3, 0.4) is 0 Å². The van der Waals surface area contributed by atoms with Gasteiger partial charge in [-0.05, 0) is 6.42 Å². The molecule has 2 N–H and O–H groups in total. The van der Waals surface area contributed by atoms with Gasteiger partial charge in [0.2, 0.25) is 5.91 Å². The molecule has 8 heteroatoms. The van der Waals surface area contributed by atoms with Gasteiger partial charge in [0.25, 0.3) is 5.91 Å². The van der Waals surface area contributed by atoms with Gasteiger partial charge in [-0.3, -0.25) is 14.3 Å². The maximum absolute atomic E-state index is 12.4. The van der Waals surface area contributed by atoms with E-state index in [1.807, 2.05) is 11.8 Å². The first kappa shape index (κ1) is 15.4. The van der Waals surface area contributed by atoms with Crippen LogP contribution in [-0.2, 0) is 11.3 Å². The Balaban J connectivity index is 1.97. The van der Waals surface area contributed by atoms with E-state index in [1.54, 1.807) is 15.8 Å². The molecule has 0 atom stereocenters. The van der Waals surface area contributed by atoms with Gasteiger partial charge < -0.3 is 15.5 Å². The van der Waals surface area contributed by atoms with Crippen LogP contribution in [0.1, 0.15) is 30.3 Å². The van der Waals surface area contributed by atoms with Gasteiger partial charge in [-0.1, -0.05) is 12.1 Å². The molecule has 0 saturated carbocycles. The molecule has 1 aliphatic heterocycles. The Morgan fingerprint density at radius 3 is 2.67 bits per heavy atom. The van der Waals surface area contributed by atoms with Crippen LogP contribution in [0.15, 0.2) is 6.20 Å². The largest absolute Gasteiger partial charge is 0.341 e. The third-order valence-corrected chi connectivity index (χ3v) is 3.55. The van der Waals surface area contributed by atoms with E-state index >= 15 is 0 Å². The molecule has 2 amide bonds. The second-order valence-electron chi connectivity index (χ2n) is 5.04. The van der Waals surface area contributed by atoms with Crippen molar-refractivity contribution in [1.82, 2.24) is 24.8 Å². The van der Waals surface area contributed by atoms with Crippen molar-refractivity contribution in [2.45, 2.75) is 26.3 Å². The first-order valence-electron chi connectivity index (χ1n) is 7.33. The fourth-order valence-electron chi connectivity index (χ4n) is 2.39. The van der Waals surface area contributed by atoms with E-state index in [4.69, 9.17) is 5.73 Å². The highest BCUT2D eigenvalue weighted by Crippen LogP contribution is 2.08. The standard InChI is InChI=1S/C13H22N6O2/c1-2-12(20)17-5-3-6-18(9-8-17)13(21)11-10-19(7-4-14)16-15-11/h10H,2-9,14H2,1H3. The highest BCUT2D eigenvalue weighted by molar-refractivity contribution is 5.92. The Morgan fingerprint density at radius 1 is 1.24 bits per heavy atom. The number of amides is 2. The number of carbonyl (C=O) groups is 2. The number of nitrogens with two attached hydrogens (primary N) is 1. The van der Waals surface area contributed by atoms with Gasteiger partial charge in [-0.25, -0.2) is 0 Å². The molecule has 2 rings (SSSR count). The van der Waals surface area contributed by atoms with Crippen molar-refractivity contribution in [1.29, 1.82) is 0 Å². The minimum atomic E-state index is -0.135. The zero-order valence-corrected chi connectivity index (χ0v) is 12.4. The average molecular weight is 294 g/mol. The lowest BCUT2D eigenvalue weighted by molar-refractivity contribution is -0.130. The Kier molecular flexibility index (Phi) is 5.26. The molecule has 0 unspecified atom stereocenters. The molecule has 8 nitrogen and oxygen atoms in total. The van der Waals surface area contributed by atoms with Gasteiger partial charge in [0.15, 0.2) is 5.69 Å². The van der Waals surface area contributed by atoms with E-state index in [2.05, 4.69) is 10.3 Å². The summed E-state index contributed by atoms with van der Waals surface area (Å²) in [7, 11) is 0. The van der Waals surface area contributed by atoms with Crippen molar-refractivity contribution in [3.8, 4) is 0 Å². The van der Waals surface area contributed by atoms with E-state index in [-0.39, 0.29) is 11.8 Å². The summed E-state index contributed by atoms with van der Waals surface area (Å²) in [5, 5.41) is 7.77. The van der Waals surface area contributed by atoms with Crippen LogP contribution >= 0.6 is 0 Å². The van der Waals surface area contributed by atoms with Crippen LogP contribution in [-0.4, -0.2) is 69.3 Å². The molecule has 0 aliphatic carbocycles. The van der Waals surface area contributed by atoms with Crippen molar-refractivity contribution in [3.05, 3.63) is 11.9 Å². The van der Waals surface area contributed by atoms with Crippen molar-refractivity contribution in [2.75, 3.05) is 32.7 Å². The minimum absolute atomic E-state index is 0.135. The molecule has 1 aromatic heterocycles. The summed E-state index contributed by atoms with van der Waals surface area (Å²) < 4.78 is 1.57. The Hall–Kier alpha value is -1.96. The van der Waals surface area contributed by atoms with Crippen molar-refractivity contribution < 1.29 is 9.59 Å². The van der Waals surface area contributed by atoms with Crippen LogP contribution in [0.4, 0.5) is 0 Å². The maximum atomic E-state index is 12.4. The van der Waals surface area contributed by atoms with E-state index < -0.39 is 0 Å². The summed E-state index contributed by atoms with van der Waals surface area (Å²) in [6.07, 6.45) is 2.91. The molecule has 2 heterocycles. The van der Waals surface area contributed by atoms with Crippen LogP contribution in [0.5, 0.6) is 0 Å². The van der Waals surface area contributed by atoms with Gasteiger partial charge in [0.1, 0.15) is 0 Å². The number of hydrogen-bond donors (Lipinski definition) is 1. The first-order valence-corrected chi connectivity index (χ1v) is 7.33. The number of hydrogen-bond acceptors (Lipinski definition) is 5. The molecule has 116 valence electrons. The smallest absolute Gasteiger partial charge is 0.276 e. The van der Waals surface area contributed by atoms with Gasteiger partial charge in [-0.2, -0.15) is 0 Å². The normalized spacial score (nSPS) is 15.9. The van der Waals surface area contributed by atoms with Gasteiger partial charge in [-0.15, -0.1) is 5.10 Å². The predicted octanol–water partition coefficient (Wildman–Crippen LogP) is -0.679. The fraction of sp³-hybridized carbons (Fsp3) is 0.692. The molecular formula is C13H22N6O2. The van der Waals surface area contributed by atoms with Crippen LogP contribution in [0.25, 0.3) is 0 Å². The summed E-state index contributed by atoms with van der Waals surface area (Å²) >= 11 is 0. The average Bonchev–Trinajstić information content (AvgIpc) is 2.82. The summed E-state index contributed by atoms with van der Waals surface area (Å²) in [5.74, 6) is 0.00209. The van der Waals surface area contributed by atoms with Gasteiger partial charge >= 0.3 is 0 Å². The second-order valence-corrected chi connectivity index (χ2v) is 5.04. The molecular weight excluding hydrogens is 272 g/mol. The van der Waals surface area contributed by atoms with Crippen LogP contribution < -0.4 is 5.73 Å². The lowest BCUT2D eigenvalue weighted by Gasteiger charge is -2.21. The summed E-state index contributed by atoms with van der Waals surface area (Å²) in [6, 6.07) is 0. The van der Waals surface area contributed by atoms with E-state index in [1.165, 1.54) is 0 Å². The van der Waals surface area contributed by atoms with Gasteiger partial charge in [0, 0.05) is 39.1 Å². The van der Waals surface area contributed by atoms with E-state index in [9.17, 15) is 9.59 Å². The molecule has 1 aromatic rings. The Bertz CT molecular complexity index is 501. The monoisotopic (exact) mass is 294 g/mol. The quantitative estimate of drug-likeness (QED) is 0.793. The van der Waals surface area contributed by atoms with Crippen LogP contribution in [0.2, 0.25) is 0 Å². The van der Waals surface area contributed by atoms with Crippen molar-refractivity contribution in [2.24, 2.45) is 5.73 Å². The second kappa shape index (κ2) is 7.16. The fourth-order valence-corrected chi connectivity index (χ4v) is 2.39. The molecule has 1 saturated heterocycles. The molecule has 0 aromatic carbocycles. The molecule has 0 spiro atoms. The number of carbonyl (C=O) groups excluding carboxylic acids is 2. The molecule has 1 fully saturated rings. The maximum Gasteiger partial charge on any atom is 0.276 e. The SMILES string of the molecule is CCC(=O)N1CCCN(C(=O)c2cn(CCN)nn2)CC1. The summed E-state index contributed by atoms with van der Waals surface area (Å²) in [5.41, 5.74) is 5.78. The third kappa shape index (κ3) is 3.78. The number of aromatic nitrogens is 3. The van der Waals surface area contributed by atoms with E-state index in [0.29, 0.717) is 51.4 Å². The zero-order chi connectivity index (χ0) is 15.2. The highest BCUT2D eigenvalue weighted by Gasteiger charge is 2.23. The molecule has 0 radical (unpaired) electrons. The molecule has 0 bridgehead atoms. The van der Waals surface area contributed by atoms with Crippen LogP contribution in [0, 0.1) is 0 Å². The van der Waals surface area contributed by atoms with E-state index in [0.717, 1.165) is 6.42 Å².